The fraction of sp³-hybridized carbons (Fsp3) is 0.111. The van der Waals surface area contributed by atoms with Crippen LogP contribution in [0.2, 0.25) is 0 Å². The lowest BCUT2D eigenvalue weighted by Crippen LogP contribution is -2.03. The van der Waals surface area contributed by atoms with E-state index in [0.717, 1.165) is 16.9 Å². The minimum absolute atomic E-state index is 0.0505. The van der Waals surface area contributed by atoms with Gasteiger partial charge in [0.15, 0.2) is 0 Å². The SMILES string of the molecule is O=C1Cc2cc(NC=S)ccc2N1. The van der Waals surface area contributed by atoms with E-state index in [1.807, 2.05) is 18.2 Å². The molecule has 2 rings (SSSR count). The minimum Gasteiger partial charge on any atom is -0.353 e. The van der Waals surface area contributed by atoms with E-state index in [0.29, 0.717) is 6.42 Å². The normalized spacial score (nSPS) is 13.4. The quantitative estimate of drug-likeness (QED) is 0.698. The zero-order chi connectivity index (χ0) is 9.26. The van der Waals surface area contributed by atoms with Gasteiger partial charge in [0.05, 0.1) is 11.9 Å². The van der Waals surface area contributed by atoms with Crippen LogP contribution in [0.4, 0.5) is 11.4 Å². The summed E-state index contributed by atoms with van der Waals surface area (Å²) in [5, 5.41) is 5.67. The average molecular weight is 192 g/mol. The van der Waals surface area contributed by atoms with Gasteiger partial charge in [-0.15, -0.1) is 0 Å². The number of thiocarbonyl (C=S) groups is 1. The van der Waals surface area contributed by atoms with E-state index in [9.17, 15) is 4.79 Å². The van der Waals surface area contributed by atoms with Gasteiger partial charge in [0.25, 0.3) is 0 Å². The first-order chi connectivity index (χ1) is 6.29. The molecule has 2 N–H and O–H groups in total. The van der Waals surface area contributed by atoms with Crippen LogP contribution in [0.3, 0.4) is 0 Å². The molecule has 0 aromatic heterocycles. The highest BCUT2D eigenvalue weighted by molar-refractivity contribution is 7.79. The van der Waals surface area contributed by atoms with Gasteiger partial charge in [0.2, 0.25) is 5.91 Å². The van der Waals surface area contributed by atoms with Gasteiger partial charge in [-0.25, -0.2) is 0 Å². The lowest BCUT2D eigenvalue weighted by Gasteiger charge is -2.02. The van der Waals surface area contributed by atoms with Crippen molar-refractivity contribution < 1.29 is 4.79 Å². The Balaban J connectivity index is 2.34. The number of anilines is 2. The Kier molecular flexibility index (Phi) is 1.98. The monoisotopic (exact) mass is 192 g/mol. The van der Waals surface area contributed by atoms with Gasteiger partial charge in [-0.3, -0.25) is 4.79 Å². The zero-order valence-corrected chi connectivity index (χ0v) is 7.65. The van der Waals surface area contributed by atoms with Crippen LogP contribution < -0.4 is 10.6 Å². The van der Waals surface area contributed by atoms with Crippen molar-refractivity contribution in [3.63, 3.8) is 0 Å². The molecule has 13 heavy (non-hydrogen) atoms. The molecule has 0 bridgehead atoms. The van der Waals surface area contributed by atoms with Crippen molar-refractivity contribution in [2.75, 3.05) is 10.6 Å². The molecule has 0 atom stereocenters. The molecule has 1 aliphatic rings. The van der Waals surface area contributed by atoms with Crippen molar-refractivity contribution in [1.29, 1.82) is 0 Å². The second-order valence-electron chi connectivity index (χ2n) is 2.86. The van der Waals surface area contributed by atoms with Gasteiger partial charge in [-0.1, -0.05) is 12.2 Å². The predicted octanol–water partition coefficient (Wildman–Crippen LogP) is 1.55. The van der Waals surface area contributed by atoms with Crippen LogP contribution in [0.1, 0.15) is 5.56 Å². The standard InChI is InChI=1S/C9H8N2OS/c12-9-4-6-3-7(10-5-13)1-2-8(6)11-9/h1-3,5H,4H2,(H,10,13)(H,11,12). The van der Waals surface area contributed by atoms with Crippen molar-refractivity contribution in [2.45, 2.75) is 6.42 Å². The molecule has 1 aliphatic heterocycles. The highest BCUT2D eigenvalue weighted by atomic mass is 32.1. The smallest absolute Gasteiger partial charge is 0.228 e. The van der Waals surface area contributed by atoms with Crippen LogP contribution in [-0.4, -0.2) is 11.4 Å². The number of benzene rings is 1. The maximum absolute atomic E-state index is 11.0. The summed E-state index contributed by atoms with van der Waals surface area (Å²) in [5.41, 5.74) is 4.29. The third kappa shape index (κ3) is 1.53. The summed E-state index contributed by atoms with van der Waals surface area (Å²) in [4.78, 5) is 11.0. The summed E-state index contributed by atoms with van der Waals surface area (Å²) < 4.78 is 0. The molecule has 4 heteroatoms. The molecule has 0 fully saturated rings. The molecule has 0 saturated heterocycles. The molecule has 0 spiro atoms. The van der Waals surface area contributed by atoms with Crippen molar-refractivity contribution in [1.82, 2.24) is 0 Å². The second-order valence-corrected chi connectivity index (χ2v) is 3.09. The number of hydrogen-bond acceptors (Lipinski definition) is 2. The van der Waals surface area contributed by atoms with E-state index in [4.69, 9.17) is 0 Å². The first-order valence-electron chi connectivity index (χ1n) is 3.92. The molecular formula is C9H8N2OS. The van der Waals surface area contributed by atoms with Crippen LogP contribution in [0, 0.1) is 0 Å². The third-order valence-electron chi connectivity index (χ3n) is 1.96. The fourth-order valence-electron chi connectivity index (χ4n) is 1.39. The number of fused-ring (bicyclic) bond motifs is 1. The molecule has 66 valence electrons. The topological polar surface area (TPSA) is 41.1 Å². The van der Waals surface area contributed by atoms with E-state index >= 15 is 0 Å². The Bertz CT molecular complexity index is 376. The van der Waals surface area contributed by atoms with Crippen molar-refractivity contribution in [3.05, 3.63) is 23.8 Å². The molecule has 0 saturated carbocycles. The third-order valence-corrected chi connectivity index (χ3v) is 2.07. The number of carbonyl (C=O) groups excluding carboxylic acids is 1. The second kappa shape index (κ2) is 3.14. The Morgan fingerprint density at radius 3 is 3.15 bits per heavy atom. The van der Waals surface area contributed by atoms with Gasteiger partial charge in [-0.2, -0.15) is 0 Å². The number of rotatable bonds is 2. The lowest BCUT2D eigenvalue weighted by molar-refractivity contribution is -0.115. The Hall–Kier alpha value is -1.42. The van der Waals surface area contributed by atoms with Crippen molar-refractivity contribution in [2.24, 2.45) is 0 Å². The van der Waals surface area contributed by atoms with E-state index in [-0.39, 0.29) is 5.91 Å². The molecule has 3 nitrogen and oxygen atoms in total. The molecule has 1 aromatic carbocycles. The lowest BCUT2D eigenvalue weighted by atomic mass is 10.1. The fourth-order valence-corrected chi connectivity index (χ4v) is 1.52. The van der Waals surface area contributed by atoms with Crippen LogP contribution in [0.15, 0.2) is 18.2 Å². The van der Waals surface area contributed by atoms with Gasteiger partial charge in [0, 0.05) is 11.4 Å². The maximum Gasteiger partial charge on any atom is 0.228 e. The van der Waals surface area contributed by atoms with Crippen LogP contribution in [-0.2, 0) is 11.2 Å². The first kappa shape index (κ1) is 8.19. The largest absolute Gasteiger partial charge is 0.353 e. The molecule has 0 aliphatic carbocycles. The summed E-state index contributed by atoms with van der Waals surface area (Å²) >= 11 is 4.67. The Labute approximate surface area is 81.1 Å². The molecule has 1 aromatic rings. The van der Waals surface area contributed by atoms with E-state index in [1.165, 1.54) is 5.49 Å². The molecule has 0 radical (unpaired) electrons. The van der Waals surface area contributed by atoms with E-state index in [2.05, 4.69) is 22.9 Å². The van der Waals surface area contributed by atoms with Crippen molar-refractivity contribution >= 4 is 35.0 Å². The summed E-state index contributed by atoms with van der Waals surface area (Å²) in [6.07, 6.45) is 0.461. The highest BCUT2D eigenvalue weighted by Gasteiger charge is 2.16. The highest BCUT2D eigenvalue weighted by Crippen LogP contribution is 2.25. The van der Waals surface area contributed by atoms with Crippen LogP contribution in [0.25, 0.3) is 0 Å². The number of carbonyl (C=O) groups is 1. The summed E-state index contributed by atoms with van der Waals surface area (Å²) in [5.74, 6) is 0.0505. The zero-order valence-electron chi connectivity index (χ0n) is 6.83. The van der Waals surface area contributed by atoms with Gasteiger partial charge in [-0.05, 0) is 23.8 Å². The van der Waals surface area contributed by atoms with Crippen LogP contribution >= 0.6 is 12.2 Å². The number of nitrogens with one attached hydrogen (secondary N) is 2. The van der Waals surface area contributed by atoms with E-state index in [1.54, 1.807) is 0 Å². The molecular weight excluding hydrogens is 184 g/mol. The molecule has 1 heterocycles. The first-order valence-corrected chi connectivity index (χ1v) is 4.40. The average Bonchev–Trinajstić information content (AvgIpc) is 2.44. The van der Waals surface area contributed by atoms with Crippen LogP contribution in [0.5, 0.6) is 0 Å². The van der Waals surface area contributed by atoms with Crippen molar-refractivity contribution in [3.8, 4) is 0 Å². The summed E-state index contributed by atoms with van der Waals surface area (Å²) in [6, 6.07) is 5.69. The maximum atomic E-state index is 11.0. The van der Waals surface area contributed by atoms with Gasteiger partial charge >= 0.3 is 0 Å². The summed E-state index contributed by atoms with van der Waals surface area (Å²) in [6.45, 7) is 0. The minimum atomic E-state index is 0.0505. The summed E-state index contributed by atoms with van der Waals surface area (Å²) in [7, 11) is 0. The molecule has 1 amide bonds. The van der Waals surface area contributed by atoms with E-state index < -0.39 is 0 Å². The number of hydrogen-bond donors (Lipinski definition) is 2. The molecule has 0 unspecified atom stereocenters. The Morgan fingerprint density at radius 2 is 2.38 bits per heavy atom. The number of amides is 1. The predicted molar refractivity (Wildman–Crippen MR) is 56.1 cm³/mol. The van der Waals surface area contributed by atoms with Gasteiger partial charge < -0.3 is 10.6 Å². The van der Waals surface area contributed by atoms with Gasteiger partial charge in [0.1, 0.15) is 0 Å². The Morgan fingerprint density at radius 1 is 1.54 bits per heavy atom.